The van der Waals surface area contributed by atoms with Gasteiger partial charge in [0.1, 0.15) is 11.3 Å². The first-order chi connectivity index (χ1) is 13.6. The summed E-state index contributed by atoms with van der Waals surface area (Å²) in [7, 11) is 0. The van der Waals surface area contributed by atoms with Gasteiger partial charge in [-0.25, -0.2) is 4.79 Å². The van der Waals surface area contributed by atoms with Crippen molar-refractivity contribution in [2.75, 3.05) is 6.61 Å². The molecular weight excluding hydrogens is 368 g/mol. The predicted molar refractivity (Wildman–Crippen MR) is 112 cm³/mol. The minimum Gasteiger partial charge on any atom is -0.493 e. The largest absolute Gasteiger partial charge is 0.493 e. The SMILES string of the molecule is CC1(C)[C@@H](O)CC[C@@]2(C)[C@H]1CC[C@@H](COc1ccc3ccc(=O)oc3c1)[C@@]2(C)O. The molecule has 4 rings (SSSR count). The fraction of sp³-hybridized carbons (Fsp3) is 0.625. The fourth-order valence-corrected chi connectivity index (χ4v) is 6.02. The molecule has 0 aliphatic heterocycles. The normalized spacial score (nSPS) is 36.6. The maximum absolute atomic E-state index is 11.7. The molecule has 0 bridgehead atoms. The lowest BCUT2D eigenvalue weighted by atomic mass is 9.44. The number of hydrogen-bond acceptors (Lipinski definition) is 5. The van der Waals surface area contributed by atoms with Gasteiger partial charge in [0.25, 0.3) is 0 Å². The molecule has 0 spiro atoms. The highest BCUT2D eigenvalue weighted by Crippen LogP contribution is 2.62. The first-order valence-corrected chi connectivity index (χ1v) is 10.6. The summed E-state index contributed by atoms with van der Waals surface area (Å²) in [4.78, 5) is 11.5. The molecule has 2 aromatic rings. The second-order valence-corrected chi connectivity index (χ2v) is 10.0. The molecule has 0 saturated heterocycles. The molecule has 0 amide bonds. The smallest absolute Gasteiger partial charge is 0.336 e. The third kappa shape index (κ3) is 3.19. The van der Waals surface area contributed by atoms with Crippen LogP contribution >= 0.6 is 0 Å². The Balaban J connectivity index is 1.54. The minimum absolute atomic E-state index is 0.00623. The van der Waals surface area contributed by atoms with Crippen LogP contribution in [0, 0.1) is 22.7 Å². The highest BCUT2D eigenvalue weighted by Gasteiger charge is 2.62. The van der Waals surface area contributed by atoms with E-state index in [0.717, 1.165) is 24.6 Å². The van der Waals surface area contributed by atoms with Gasteiger partial charge >= 0.3 is 5.63 Å². The maximum Gasteiger partial charge on any atom is 0.336 e. The second kappa shape index (κ2) is 6.85. The Hall–Kier alpha value is -1.85. The third-order valence-corrected chi connectivity index (χ3v) is 8.26. The average Bonchev–Trinajstić information content (AvgIpc) is 2.65. The van der Waals surface area contributed by atoms with E-state index in [2.05, 4.69) is 20.8 Å². The lowest BCUT2D eigenvalue weighted by Crippen LogP contribution is -2.64. The molecule has 2 aliphatic rings. The highest BCUT2D eigenvalue weighted by molar-refractivity contribution is 5.77. The monoisotopic (exact) mass is 400 g/mol. The average molecular weight is 401 g/mol. The van der Waals surface area contributed by atoms with E-state index < -0.39 is 5.60 Å². The molecule has 2 fully saturated rings. The van der Waals surface area contributed by atoms with E-state index in [-0.39, 0.29) is 34.4 Å². The number of aliphatic hydroxyl groups is 2. The van der Waals surface area contributed by atoms with Gasteiger partial charge < -0.3 is 19.4 Å². The number of rotatable bonds is 3. The van der Waals surface area contributed by atoms with E-state index in [0.29, 0.717) is 24.4 Å². The molecule has 1 heterocycles. The van der Waals surface area contributed by atoms with Gasteiger partial charge in [0.2, 0.25) is 0 Å². The van der Waals surface area contributed by atoms with Crippen LogP contribution in [0.25, 0.3) is 11.0 Å². The molecule has 2 N–H and O–H groups in total. The molecule has 1 aromatic heterocycles. The summed E-state index contributed by atoms with van der Waals surface area (Å²) in [6.07, 6.45) is 3.03. The Kier molecular flexibility index (Phi) is 4.82. The van der Waals surface area contributed by atoms with Crippen LogP contribution in [-0.2, 0) is 0 Å². The lowest BCUT2D eigenvalue weighted by Gasteiger charge is -2.63. The standard InChI is InChI=1S/C24H32O5/c1-22(2)19-9-7-16(24(4,27)23(19,3)12-11-20(22)25)14-28-17-8-5-15-6-10-21(26)29-18(15)13-17/h5-6,8,10,13,16,19-20,25,27H,7,9,11-12,14H2,1-4H3/t16-,19-,20-,23-,24+/m0/s1. The van der Waals surface area contributed by atoms with Crippen LogP contribution in [0.3, 0.4) is 0 Å². The van der Waals surface area contributed by atoms with Crippen LogP contribution in [0.5, 0.6) is 5.75 Å². The van der Waals surface area contributed by atoms with Gasteiger partial charge in [0.15, 0.2) is 0 Å². The zero-order valence-electron chi connectivity index (χ0n) is 17.8. The quantitative estimate of drug-likeness (QED) is 0.757. The molecule has 5 heteroatoms. The van der Waals surface area contributed by atoms with Crippen molar-refractivity contribution >= 4 is 11.0 Å². The minimum atomic E-state index is -0.892. The van der Waals surface area contributed by atoms with Crippen LogP contribution in [-0.4, -0.2) is 28.5 Å². The van der Waals surface area contributed by atoms with Gasteiger partial charge in [0.05, 0.1) is 18.3 Å². The summed E-state index contributed by atoms with van der Waals surface area (Å²) < 4.78 is 11.3. The first-order valence-electron chi connectivity index (χ1n) is 10.6. The van der Waals surface area contributed by atoms with Crippen LogP contribution in [0.15, 0.2) is 39.5 Å². The zero-order chi connectivity index (χ0) is 21.0. The van der Waals surface area contributed by atoms with Crippen molar-refractivity contribution in [2.45, 2.75) is 65.1 Å². The van der Waals surface area contributed by atoms with Crippen molar-refractivity contribution in [2.24, 2.45) is 22.7 Å². The van der Waals surface area contributed by atoms with E-state index in [1.807, 2.05) is 19.1 Å². The first kappa shape index (κ1) is 20.4. The van der Waals surface area contributed by atoms with Crippen molar-refractivity contribution in [3.63, 3.8) is 0 Å². The van der Waals surface area contributed by atoms with Gasteiger partial charge in [-0.1, -0.05) is 20.8 Å². The third-order valence-electron chi connectivity index (χ3n) is 8.26. The number of hydrogen-bond donors (Lipinski definition) is 2. The number of ether oxygens (including phenoxy) is 1. The van der Waals surface area contributed by atoms with Crippen molar-refractivity contribution in [3.8, 4) is 5.75 Å². The summed E-state index contributed by atoms with van der Waals surface area (Å²) in [5.41, 5.74) is -1.25. The fourth-order valence-electron chi connectivity index (χ4n) is 6.02. The molecule has 1 aromatic carbocycles. The van der Waals surface area contributed by atoms with Crippen LogP contribution in [0.2, 0.25) is 0 Å². The zero-order valence-corrected chi connectivity index (χ0v) is 17.8. The molecule has 2 saturated carbocycles. The summed E-state index contributed by atoms with van der Waals surface area (Å²) in [6.45, 7) is 8.80. The molecule has 5 nitrogen and oxygen atoms in total. The molecule has 2 aliphatic carbocycles. The van der Waals surface area contributed by atoms with Gasteiger partial charge in [-0.15, -0.1) is 0 Å². The highest BCUT2D eigenvalue weighted by atomic mass is 16.5. The van der Waals surface area contributed by atoms with Crippen molar-refractivity contribution in [1.82, 2.24) is 0 Å². The van der Waals surface area contributed by atoms with E-state index in [9.17, 15) is 15.0 Å². The van der Waals surface area contributed by atoms with Gasteiger partial charge in [0, 0.05) is 23.4 Å². The van der Waals surface area contributed by atoms with Crippen LogP contribution in [0.4, 0.5) is 0 Å². The Morgan fingerprint density at radius 1 is 1.10 bits per heavy atom. The van der Waals surface area contributed by atoms with Gasteiger partial charge in [-0.2, -0.15) is 0 Å². The summed E-state index contributed by atoms with van der Waals surface area (Å²) in [5.74, 6) is 0.891. The Morgan fingerprint density at radius 3 is 2.59 bits per heavy atom. The van der Waals surface area contributed by atoms with Gasteiger partial charge in [-0.05, 0) is 67.6 Å². The van der Waals surface area contributed by atoms with Crippen molar-refractivity contribution < 1.29 is 19.4 Å². The molecule has 0 radical (unpaired) electrons. The summed E-state index contributed by atoms with van der Waals surface area (Å²) in [5, 5.41) is 23.1. The Morgan fingerprint density at radius 2 is 1.83 bits per heavy atom. The maximum atomic E-state index is 11.7. The van der Waals surface area contributed by atoms with Crippen molar-refractivity contribution in [1.29, 1.82) is 0 Å². The van der Waals surface area contributed by atoms with Crippen LogP contribution in [0.1, 0.15) is 53.4 Å². The Bertz CT molecular complexity index is 959. The van der Waals surface area contributed by atoms with E-state index in [4.69, 9.17) is 9.15 Å². The molecule has 29 heavy (non-hydrogen) atoms. The van der Waals surface area contributed by atoms with Crippen LogP contribution < -0.4 is 10.4 Å². The molecule has 158 valence electrons. The molecule has 5 atom stereocenters. The van der Waals surface area contributed by atoms with Crippen molar-refractivity contribution in [3.05, 3.63) is 40.8 Å². The van der Waals surface area contributed by atoms with Gasteiger partial charge in [-0.3, -0.25) is 0 Å². The molecular formula is C24H32O5. The predicted octanol–water partition coefficient (Wildman–Crippen LogP) is 4.14. The number of aliphatic hydroxyl groups excluding tert-OH is 1. The molecule has 0 unspecified atom stereocenters. The topological polar surface area (TPSA) is 79.9 Å². The van der Waals surface area contributed by atoms with E-state index >= 15 is 0 Å². The second-order valence-electron chi connectivity index (χ2n) is 10.0. The Labute approximate surface area is 171 Å². The van der Waals surface area contributed by atoms with E-state index in [1.165, 1.54) is 6.07 Å². The summed E-state index contributed by atoms with van der Waals surface area (Å²) >= 11 is 0. The summed E-state index contributed by atoms with van der Waals surface area (Å²) in [6, 6.07) is 8.61. The number of fused-ring (bicyclic) bond motifs is 2. The lowest BCUT2D eigenvalue weighted by molar-refractivity contribution is -0.227. The van der Waals surface area contributed by atoms with E-state index in [1.54, 1.807) is 12.1 Å². The number of benzene rings is 1.